The summed E-state index contributed by atoms with van der Waals surface area (Å²) in [5, 5.41) is 13.0. The lowest BCUT2D eigenvalue weighted by Gasteiger charge is -2.04. The van der Waals surface area contributed by atoms with E-state index in [9.17, 15) is 9.90 Å². The number of thioether (sulfide) groups is 1. The lowest BCUT2D eigenvalue weighted by Crippen LogP contribution is -2.12. The van der Waals surface area contributed by atoms with Crippen molar-refractivity contribution in [3.63, 3.8) is 0 Å². The summed E-state index contributed by atoms with van der Waals surface area (Å²) >= 11 is 2.83. The van der Waals surface area contributed by atoms with Gasteiger partial charge < -0.3 is 9.84 Å². The van der Waals surface area contributed by atoms with Gasteiger partial charge in [-0.3, -0.25) is 0 Å². The molecule has 0 aliphatic carbocycles. The van der Waals surface area contributed by atoms with Crippen molar-refractivity contribution in [1.29, 1.82) is 0 Å². The smallest absolute Gasteiger partial charge is 0.344 e. The zero-order chi connectivity index (χ0) is 17.8. The number of aliphatic imine (C=N–C) groups is 1. The minimum Gasteiger partial charge on any atom is -0.506 e. The van der Waals surface area contributed by atoms with E-state index in [4.69, 9.17) is 4.74 Å². The Balaban J connectivity index is 2.02. The van der Waals surface area contributed by atoms with Crippen molar-refractivity contribution in [2.45, 2.75) is 13.8 Å². The van der Waals surface area contributed by atoms with Crippen LogP contribution in [0.4, 0.5) is 5.69 Å². The van der Waals surface area contributed by atoms with Crippen LogP contribution >= 0.6 is 23.1 Å². The first-order valence-electron chi connectivity index (χ1n) is 7.78. The van der Waals surface area contributed by atoms with Crippen molar-refractivity contribution in [3.8, 4) is 0 Å². The molecule has 0 radical (unpaired) electrons. The average Bonchev–Trinajstić information content (AvgIpc) is 3.19. The van der Waals surface area contributed by atoms with Gasteiger partial charge in [0.2, 0.25) is 0 Å². The maximum Gasteiger partial charge on any atom is 0.344 e. The molecule has 4 nitrogen and oxygen atoms in total. The predicted octanol–water partition coefficient (Wildman–Crippen LogP) is 5.25. The number of rotatable bonds is 4. The van der Waals surface area contributed by atoms with E-state index in [1.54, 1.807) is 18.3 Å². The first kappa shape index (κ1) is 17.5. The van der Waals surface area contributed by atoms with E-state index in [0.29, 0.717) is 9.95 Å². The van der Waals surface area contributed by atoms with Crippen LogP contribution in [-0.2, 0) is 9.53 Å². The highest BCUT2D eigenvalue weighted by molar-refractivity contribution is 8.18. The molecule has 3 rings (SSSR count). The Morgan fingerprint density at radius 1 is 1.28 bits per heavy atom. The summed E-state index contributed by atoms with van der Waals surface area (Å²) < 4.78 is 5.09. The SMILES string of the molecule is CCOC(=O)C1=C(O)C(=Cc2cccs2)SC1=Nc1ccc(C)cc1. The van der Waals surface area contributed by atoms with Crippen LogP contribution in [0.15, 0.2) is 63.0 Å². The number of hydrogen-bond acceptors (Lipinski definition) is 6. The molecule has 1 aliphatic heterocycles. The zero-order valence-electron chi connectivity index (χ0n) is 13.9. The first-order chi connectivity index (χ1) is 12.1. The number of esters is 1. The summed E-state index contributed by atoms with van der Waals surface area (Å²) in [6.45, 7) is 3.97. The second-order valence-electron chi connectivity index (χ2n) is 5.32. The summed E-state index contributed by atoms with van der Waals surface area (Å²) in [7, 11) is 0. The standard InChI is InChI=1S/C19H17NO3S2/c1-3-23-19(22)16-17(21)15(11-14-5-4-10-24-14)25-18(16)20-13-8-6-12(2)7-9-13/h4-11,21H,3H2,1-2H3. The molecule has 0 saturated heterocycles. The molecule has 0 fully saturated rings. The van der Waals surface area contributed by atoms with Crippen LogP contribution in [0.25, 0.3) is 6.08 Å². The molecule has 0 saturated carbocycles. The third-order valence-electron chi connectivity index (χ3n) is 3.45. The molecule has 2 aromatic rings. The van der Waals surface area contributed by atoms with E-state index >= 15 is 0 Å². The number of thiophene rings is 1. The van der Waals surface area contributed by atoms with Gasteiger partial charge in [0.1, 0.15) is 16.4 Å². The molecule has 1 aromatic heterocycles. The molecule has 0 atom stereocenters. The number of ether oxygens (including phenoxy) is 1. The van der Waals surface area contributed by atoms with Crippen LogP contribution in [-0.4, -0.2) is 22.7 Å². The van der Waals surface area contributed by atoms with Crippen LogP contribution in [0, 0.1) is 6.92 Å². The van der Waals surface area contributed by atoms with Crippen LogP contribution in [0.5, 0.6) is 0 Å². The summed E-state index contributed by atoms with van der Waals surface area (Å²) in [6.07, 6.45) is 1.85. The lowest BCUT2D eigenvalue weighted by atomic mass is 10.2. The van der Waals surface area contributed by atoms with Crippen LogP contribution < -0.4 is 0 Å². The van der Waals surface area contributed by atoms with Gasteiger partial charge in [0.15, 0.2) is 0 Å². The lowest BCUT2D eigenvalue weighted by molar-refractivity contribution is -0.138. The number of carbonyl (C=O) groups is 1. The van der Waals surface area contributed by atoms with Crippen LogP contribution in [0.3, 0.4) is 0 Å². The minimum absolute atomic E-state index is 0.0808. The van der Waals surface area contributed by atoms with Gasteiger partial charge in [0.25, 0.3) is 0 Å². The maximum absolute atomic E-state index is 12.3. The Labute approximate surface area is 154 Å². The molecule has 6 heteroatoms. The van der Waals surface area contributed by atoms with E-state index in [1.807, 2.05) is 54.8 Å². The number of hydrogen-bond donors (Lipinski definition) is 1. The van der Waals surface area contributed by atoms with Gasteiger partial charge in [-0.2, -0.15) is 0 Å². The highest BCUT2D eigenvalue weighted by atomic mass is 32.2. The molecule has 1 N–H and O–H groups in total. The van der Waals surface area contributed by atoms with Crippen molar-refractivity contribution < 1.29 is 14.6 Å². The minimum atomic E-state index is -0.562. The summed E-state index contributed by atoms with van der Waals surface area (Å²) in [5.74, 6) is -0.643. The van der Waals surface area contributed by atoms with Gasteiger partial charge in [0.05, 0.1) is 17.2 Å². The van der Waals surface area contributed by atoms with E-state index in [1.165, 1.54) is 11.8 Å². The monoisotopic (exact) mass is 371 g/mol. The summed E-state index contributed by atoms with van der Waals surface area (Å²) in [4.78, 5) is 18.4. The third-order valence-corrected chi connectivity index (χ3v) is 5.29. The fourth-order valence-electron chi connectivity index (χ4n) is 2.23. The van der Waals surface area contributed by atoms with Gasteiger partial charge in [-0.1, -0.05) is 35.5 Å². The number of nitrogens with zero attached hydrogens (tertiary/aromatic N) is 1. The zero-order valence-corrected chi connectivity index (χ0v) is 15.5. The number of aliphatic hydroxyl groups is 1. The predicted molar refractivity (Wildman–Crippen MR) is 104 cm³/mol. The molecule has 0 spiro atoms. The van der Waals surface area contributed by atoms with Gasteiger partial charge >= 0.3 is 5.97 Å². The fraction of sp³-hybridized carbons (Fsp3) is 0.158. The van der Waals surface area contributed by atoms with Gasteiger partial charge in [0, 0.05) is 4.88 Å². The van der Waals surface area contributed by atoms with Gasteiger partial charge in [-0.15, -0.1) is 11.3 Å². The molecule has 0 amide bonds. The van der Waals surface area contributed by atoms with Crippen LogP contribution in [0.1, 0.15) is 17.4 Å². The van der Waals surface area contributed by atoms with Crippen molar-refractivity contribution in [2.24, 2.45) is 4.99 Å². The fourth-order valence-corrected chi connectivity index (χ4v) is 3.99. The Morgan fingerprint density at radius 3 is 2.68 bits per heavy atom. The molecular formula is C19H17NO3S2. The second kappa shape index (κ2) is 7.72. The first-order valence-corrected chi connectivity index (χ1v) is 9.47. The molecule has 128 valence electrons. The molecule has 25 heavy (non-hydrogen) atoms. The summed E-state index contributed by atoms with van der Waals surface area (Å²) in [5.41, 5.74) is 1.97. The Kier molecular flexibility index (Phi) is 5.40. The van der Waals surface area contributed by atoms with Gasteiger partial charge in [-0.05, 0) is 43.5 Å². The van der Waals surface area contributed by atoms with E-state index in [-0.39, 0.29) is 17.9 Å². The number of aryl methyl sites for hydroxylation is 1. The van der Waals surface area contributed by atoms with Crippen LogP contribution in [0.2, 0.25) is 0 Å². The van der Waals surface area contributed by atoms with E-state index < -0.39 is 5.97 Å². The number of benzene rings is 1. The topological polar surface area (TPSA) is 58.9 Å². The largest absolute Gasteiger partial charge is 0.506 e. The number of aliphatic hydroxyl groups excluding tert-OH is 1. The molecule has 0 unspecified atom stereocenters. The van der Waals surface area contributed by atoms with Crippen molar-refractivity contribution in [2.75, 3.05) is 6.61 Å². The normalized spacial score (nSPS) is 17.5. The second-order valence-corrected chi connectivity index (χ2v) is 7.33. The van der Waals surface area contributed by atoms with Gasteiger partial charge in [-0.25, -0.2) is 9.79 Å². The van der Waals surface area contributed by atoms with E-state index in [0.717, 1.165) is 16.1 Å². The quantitative estimate of drug-likeness (QED) is 0.746. The Hall–Kier alpha value is -2.31. The summed E-state index contributed by atoms with van der Waals surface area (Å²) in [6, 6.07) is 11.5. The molecule has 0 bridgehead atoms. The van der Waals surface area contributed by atoms with Crippen molar-refractivity contribution in [3.05, 3.63) is 68.5 Å². The Bertz CT molecular complexity index is 863. The molecular weight excluding hydrogens is 354 g/mol. The average molecular weight is 371 g/mol. The Morgan fingerprint density at radius 2 is 2.04 bits per heavy atom. The molecule has 1 aromatic carbocycles. The molecule has 2 heterocycles. The highest BCUT2D eigenvalue weighted by Gasteiger charge is 2.33. The third kappa shape index (κ3) is 4.03. The van der Waals surface area contributed by atoms with Crippen molar-refractivity contribution in [1.82, 2.24) is 0 Å². The highest BCUT2D eigenvalue weighted by Crippen LogP contribution is 2.40. The maximum atomic E-state index is 12.3. The number of carbonyl (C=O) groups excluding carboxylic acids is 1. The van der Waals surface area contributed by atoms with E-state index in [2.05, 4.69) is 4.99 Å². The molecule has 1 aliphatic rings. The van der Waals surface area contributed by atoms with Crippen molar-refractivity contribution >= 4 is 45.9 Å².